The molecule has 0 spiro atoms. The number of nitrogens with zero attached hydrogens (tertiary/aromatic N) is 1. The van der Waals surface area contributed by atoms with Crippen LogP contribution in [0.4, 0.5) is 4.39 Å². The topological polar surface area (TPSA) is 29.5 Å². The molecule has 0 aliphatic carbocycles. The van der Waals surface area contributed by atoms with Crippen molar-refractivity contribution in [2.75, 3.05) is 19.7 Å². The first-order chi connectivity index (χ1) is 12.0. The molecule has 0 saturated carbocycles. The zero-order valence-corrected chi connectivity index (χ0v) is 15.1. The Bertz CT molecular complexity index is 747. The van der Waals surface area contributed by atoms with Crippen LogP contribution in [0.15, 0.2) is 42.5 Å². The summed E-state index contributed by atoms with van der Waals surface area (Å²) in [4.78, 5) is 14.3. The fourth-order valence-electron chi connectivity index (χ4n) is 2.89. The van der Waals surface area contributed by atoms with E-state index in [1.165, 1.54) is 6.07 Å². The second-order valence-electron chi connectivity index (χ2n) is 6.11. The van der Waals surface area contributed by atoms with Gasteiger partial charge in [0.2, 0.25) is 0 Å². The highest BCUT2D eigenvalue weighted by Crippen LogP contribution is 2.27. The summed E-state index contributed by atoms with van der Waals surface area (Å²) in [6.07, 6.45) is 1.68. The van der Waals surface area contributed by atoms with Crippen LogP contribution in [0, 0.1) is 11.7 Å². The Morgan fingerprint density at radius 3 is 2.48 bits per heavy atom. The number of ether oxygens (including phenoxy) is 1. The van der Waals surface area contributed by atoms with Crippen molar-refractivity contribution in [2.45, 2.75) is 12.8 Å². The van der Waals surface area contributed by atoms with Gasteiger partial charge in [-0.05, 0) is 43.0 Å². The van der Waals surface area contributed by atoms with Gasteiger partial charge in [0.05, 0.1) is 22.2 Å². The molecule has 0 bridgehead atoms. The molecule has 1 saturated heterocycles. The predicted molar refractivity (Wildman–Crippen MR) is 97.0 cm³/mol. The van der Waals surface area contributed by atoms with E-state index < -0.39 is 5.82 Å². The zero-order valence-electron chi connectivity index (χ0n) is 13.6. The van der Waals surface area contributed by atoms with Crippen LogP contribution in [0.5, 0.6) is 5.75 Å². The summed E-state index contributed by atoms with van der Waals surface area (Å²) >= 11 is 11.7. The average Bonchev–Trinajstić information content (AvgIpc) is 2.64. The summed E-state index contributed by atoms with van der Waals surface area (Å²) in [6.45, 7) is 1.83. The van der Waals surface area contributed by atoms with Gasteiger partial charge in [-0.3, -0.25) is 4.79 Å². The number of carbonyl (C=O) groups excluding carboxylic acids is 1. The van der Waals surface area contributed by atoms with Crippen LogP contribution in [0.2, 0.25) is 10.0 Å². The Labute approximate surface area is 156 Å². The fraction of sp³-hybridized carbons (Fsp3) is 0.316. The highest BCUT2D eigenvalue weighted by atomic mass is 35.5. The molecule has 25 heavy (non-hydrogen) atoms. The van der Waals surface area contributed by atoms with E-state index in [0.29, 0.717) is 25.6 Å². The second kappa shape index (κ2) is 8.07. The van der Waals surface area contributed by atoms with Crippen LogP contribution in [-0.4, -0.2) is 30.5 Å². The maximum Gasteiger partial charge on any atom is 0.255 e. The molecule has 1 aliphatic rings. The lowest BCUT2D eigenvalue weighted by Crippen LogP contribution is -2.39. The summed E-state index contributed by atoms with van der Waals surface area (Å²) in [7, 11) is 0. The number of hydrogen-bond acceptors (Lipinski definition) is 2. The highest BCUT2D eigenvalue weighted by Gasteiger charge is 2.26. The number of rotatable bonds is 4. The molecule has 6 heteroatoms. The van der Waals surface area contributed by atoms with Gasteiger partial charge in [0.15, 0.2) is 0 Å². The van der Waals surface area contributed by atoms with Gasteiger partial charge in [0.1, 0.15) is 11.6 Å². The van der Waals surface area contributed by atoms with Gasteiger partial charge in [-0.15, -0.1) is 0 Å². The number of hydrogen-bond donors (Lipinski definition) is 0. The number of benzene rings is 2. The van der Waals surface area contributed by atoms with Crippen molar-refractivity contribution >= 4 is 29.1 Å². The highest BCUT2D eigenvalue weighted by molar-refractivity contribution is 6.36. The SMILES string of the molecule is O=C(c1cc(F)c(Cl)cc1Cl)N1CCC(COc2ccccc2)CC1. The van der Waals surface area contributed by atoms with Crippen LogP contribution in [0.1, 0.15) is 23.2 Å². The smallest absolute Gasteiger partial charge is 0.255 e. The van der Waals surface area contributed by atoms with Crippen molar-refractivity contribution in [1.29, 1.82) is 0 Å². The molecule has 2 aromatic carbocycles. The Morgan fingerprint density at radius 1 is 1.12 bits per heavy atom. The van der Waals surface area contributed by atoms with Crippen molar-refractivity contribution in [3.05, 3.63) is 63.9 Å². The lowest BCUT2D eigenvalue weighted by molar-refractivity contribution is 0.0661. The maximum absolute atomic E-state index is 13.6. The van der Waals surface area contributed by atoms with Gasteiger partial charge < -0.3 is 9.64 Å². The molecule has 0 atom stereocenters. The van der Waals surface area contributed by atoms with Crippen LogP contribution >= 0.6 is 23.2 Å². The van der Waals surface area contributed by atoms with Crippen molar-refractivity contribution < 1.29 is 13.9 Å². The number of para-hydroxylation sites is 1. The largest absolute Gasteiger partial charge is 0.493 e. The second-order valence-corrected chi connectivity index (χ2v) is 6.92. The molecule has 132 valence electrons. The first-order valence-electron chi connectivity index (χ1n) is 8.16. The lowest BCUT2D eigenvalue weighted by atomic mass is 9.97. The van der Waals surface area contributed by atoms with Crippen molar-refractivity contribution in [2.24, 2.45) is 5.92 Å². The van der Waals surface area contributed by atoms with Crippen LogP contribution in [0.25, 0.3) is 0 Å². The molecule has 1 amide bonds. The summed E-state index contributed by atoms with van der Waals surface area (Å²) in [5.74, 6) is 0.342. The third kappa shape index (κ3) is 4.44. The Hall–Kier alpha value is -1.78. The first-order valence-corrected chi connectivity index (χ1v) is 8.92. The van der Waals surface area contributed by atoms with Gasteiger partial charge in [0.25, 0.3) is 5.91 Å². The van der Waals surface area contributed by atoms with E-state index >= 15 is 0 Å². The van der Waals surface area contributed by atoms with E-state index in [1.807, 2.05) is 30.3 Å². The molecule has 3 rings (SSSR count). The molecule has 0 aromatic heterocycles. The van der Waals surface area contributed by atoms with Gasteiger partial charge in [-0.2, -0.15) is 0 Å². The minimum atomic E-state index is -0.638. The predicted octanol–water partition coefficient (Wildman–Crippen LogP) is 5.06. The van der Waals surface area contributed by atoms with Crippen molar-refractivity contribution in [1.82, 2.24) is 4.90 Å². The minimum absolute atomic E-state index is 0.0849. The molecule has 1 fully saturated rings. The monoisotopic (exact) mass is 381 g/mol. The molecule has 3 nitrogen and oxygen atoms in total. The maximum atomic E-state index is 13.6. The number of piperidine rings is 1. The minimum Gasteiger partial charge on any atom is -0.493 e. The third-order valence-corrected chi connectivity index (χ3v) is 4.97. The molecule has 0 unspecified atom stereocenters. The number of amides is 1. The Morgan fingerprint density at radius 2 is 1.80 bits per heavy atom. The van der Waals surface area contributed by atoms with Crippen LogP contribution in [-0.2, 0) is 0 Å². The molecule has 2 aromatic rings. The first kappa shape index (κ1) is 18.0. The fourth-order valence-corrected chi connectivity index (χ4v) is 3.35. The van der Waals surface area contributed by atoms with E-state index in [-0.39, 0.29) is 21.5 Å². The summed E-state index contributed by atoms with van der Waals surface area (Å²) < 4.78 is 19.4. The van der Waals surface area contributed by atoms with Gasteiger partial charge in [-0.25, -0.2) is 4.39 Å². The van der Waals surface area contributed by atoms with E-state index in [4.69, 9.17) is 27.9 Å². The van der Waals surface area contributed by atoms with E-state index in [1.54, 1.807) is 4.90 Å². The van der Waals surface area contributed by atoms with Gasteiger partial charge >= 0.3 is 0 Å². The summed E-state index contributed by atoms with van der Waals surface area (Å²) in [6, 6.07) is 12.0. The number of carbonyl (C=O) groups is 1. The molecular formula is C19H18Cl2FNO2. The normalized spacial score (nSPS) is 15.2. The van der Waals surface area contributed by atoms with Crippen molar-refractivity contribution in [3.8, 4) is 5.75 Å². The number of halogens is 3. The average molecular weight is 382 g/mol. The van der Waals surface area contributed by atoms with Crippen LogP contribution < -0.4 is 4.74 Å². The van der Waals surface area contributed by atoms with E-state index in [2.05, 4.69) is 0 Å². The van der Waals surface area contributed by atoms with E-state index in [9.17, 15) is 9.18 Å². The number of likely N-dealkylation sites (tertiary alicyclic amines) is 1. The quantitative estimate of drug-likeness (QED) is 0.692. The lowest BCUT2D eigenvalue weighted by Gasteiger charge is -2.32. The van der Waals surface area contributed by atoms with Gasteiger partial charge in [-0.1, -0.05) is 41.4 Å². The standard InChI is InChI=1S/C19H18Cl2FNO2/c20-16-11-17(21)18(22)10-15(16)19(24)23-8-6-13(7-9-23)12-25-14-4-2-1-3-5-14/h1-5,10-11,13H,6-9,12H2. The molecule has 0 N–H and O–H groups in total. The molecular weight excluding hydrogens is 364 g/mol. The molecule has 1 heterocycles. The Balaban J connectivity index is 1.55. The third-order valence-electron chi connectivity index (χ3n) is 4.37. The molecule has 1 aliphatic heterocycles. The van der Waals surface area contributed by atoms with Gasteiger partial charge in [0, 0.05) is 13.1 Å². The summed E-state index contributed by atoms with van der Waals surface area (Å²) in [5.41, 5.74) is 0.155. The van der Waals surface area contributed by atoms with Crippen molar-refractivity contribution in [3.63, 3.8) is 0 Å². The zero-order chi connectivity index (χ0) is 17.8. The Kier molecular flexibility index (Phi) is 5.82. The van der Waals surface area contributed by atoms with Crippen LogP contribution in [0.3, 0.4) is 0 Å². The molecule has 0 radical (unpaired) electrons. The van der Waals surface area contributed by atoms with E-state index in [0.717, 1.165) is 24.7 Å². The summed E-state index contributed by atoms with van der Waals surface area (Å²) in [5, 5.41) is 0.0873.